The third-order valence-corrected chi connectivity index (χ3v) is 3.76. The van der Waals surface area contributed by atoms with Crippen LogP contribution < -0.4 is 10.1 Å². The monoisotopic (exact) mass is 361 g/mol. The Balaban J connectivity index is 1.81. The van der Waals surface area contributed by atoms with E-state index < -0.39 is 5.97 Å². The number of hydrogen-bond acceptors (Lipinski definition) is 4. The van der Waals surface area contributed by atoms with Crippen molar-refractivity contribution in [1.29, 1.82) is 0 Å². The van der Waals surface area contributed by atoms with Crippen molar-refractivity contribution in [1.82, 2.24) is 0 Å². The van der Waals surface area contributed by atoms with Crippen LogP contribution in [0, 0.1) is 6.92 Å². The van der Waals surface area contributed by atoms with Gasteiger partial charge in [-0.1, -0.05) is 42.8 Å². The van der Waals surface area contributed by atoms with Crippen LogP contribution in [-0.4, -0.2) is 25.1 Å². The number of carbonyl (C=O) groups is 2. The van der Waals surface area contributed by atoms with Crippen LogP contribution in [0.1, 0.15) is 18.1 Å². The molecule has 0 heterocycles. The fourth-order valence-electron chi connectivity index (χ4n) is 2.26. The number of hydrogen-bond donors (Lipinski definition) is 1. The molecular formula is C19H20ClNO4. The zero-order valence-electron chi connectivity index (χ0n) is 14.2. The lowest BCUT2D eigenvalue weighted by atomic mass is 10.1. The summed E-state index contributed by atoms with van der Waals surface area (Å²) in [6.45, 7) is 3.27. The van der Waals surface area contributed by atoms with Crippen LogP contribution in [0.4, 0.5) is 5.69 Å². The van der Waals surface area contributed by atoms with E-state index in [0.717, 1.165) is 23.2 Å². The number of halogens is 1. The highest BCUT2D eigenvalue weighted by Gasteiger charge is 2.12. The van der Waals surface area contributed by atoms with E-state index in [1.165, 1.54) is 0 Å². The van der Waals surface area contributed by atoms with Crippen molar-refractivity contribution in [2.24, 2.45) is 0 Å². The molecule has 0 unspecified atom stereocenters. The molecule has 0 aliphatic heterocycles. The van der Waals surface area contributed by atoms with E-state index in [1.54, 1.807) is 24.3 Å². The molecule has 0 atom stereocenters. The molecule has 2 aromatic carbocycles. The van der Waals surface area contributed by atoms with E-state index in [2.05, 4.69) is 5.32 Å². The first-order chi connectivity index (χ1) is 12.0. The Bertz CT molecular complexity index is 761. The summed E-state index contributed by atoms with van der Waals surface area (Å²) in [5.74, 6) is -0.558. The van der Waals surface area contributed by atoms with Crippen LogP contribution in [-0.2, 0) is 20.7 Å². The summed E-state index contributed by atoms with van der Waals surface area (Å²) in [6.07, 6.45) is 0.796. The molecule has 0 bridgehead atoms. The first-order valence-electron chi connectivity index (χ1n) is 7.92. The molecule has 6 heteroatoms. The molecular weight excluding hydrogens is 342 g/mol. The van der Waals surface area contributed by atoms with Gasteiger partial charge in [0.15, 0.2) is 13.2 Å². The Morgan fingerprint density at radius 3 is 2.60 bits per heavy atom. The lowest BCUT2D eigenvalue weighted by Gasteiger charge is -2.13. The number of anilines is 1. The number of rotatable bonds is 7. The van der Waals surface area contributed by atoms with Crippen molar-refractivity contribution in [3.05, 3.63) is 58.6 Å². The molecule has 0 aliphatic rings. The van der Waals surface area contributed by atoms with E-state index >= 15 is 0 Å². The number of ether oxygens (including phenoxy) is 2. The van der Waals surface area contributed by atoms with E-state index in [4.69, 9.17) is 21.1 Å². The van der Waals surface area contributed by atoms with Crippen LogP contribution in [0.2, 0.25) is 5.02 Å². The van der Waals surface area contributed by atoms with Gasteiger partial charge in [0, 0.05) is 10.7 Å². The third-order valence-electron chi connectivity index (χ3n) is 3.52. The quantitative estimate of drug-likeness (QED) is 0.762. The summed E-state index contributed by atoms with van der Waals surface area (Å²) < 4.78 is 10.2. The first kappa shape index (κ1) is 18.8. The topological polar surface area (TPSA) is 64.6 Å². The number of benzene rings is 2. The van der Waals surface area contributed by atoms with Crippen molar-refractivity contribution < 1.29 is 19.1 Å². The second-order valence-electron chi connectivity index (χ2n) is 5.42. The molecule has 5 nitrogen and oxygen atoms in total. The Hall–Kier alpha value is -2.53. The Morgan fingerprint density at radius 1 is 1.12 bits per heavy atom. The van der Waals surface area contributed by atoms with E-state index in [-0.39, 0.29) is 19.1 Å². The van der Waals surface area contributed by atoms with E-state index in [0.29, 0.717) is 10.8 Å². The van der Waals surface area contributed by atoms with Crippen LogP contribution in [0.25, 0.3) is 0 Å². The van der Waals surface area contributed by atoms with Crippen LogP contribution >= 0.6 is 11.6 Å². The second-order valence-corrected chi connectivity index (χ2v) is 5.85. The predicted molar refractivity (Wildman–Crippen MR) is 97.1 cm³/mol. The number of esters is 1. The number of para-hydroxylation sites is 1. The van der Waals surface area contributed by atoms with E-state index in [1.807, 2.05) is 32.0 Å². The molecule has 0 saturated heterocycles. The van der Waals surface area contributed by atoms with Gasteiger partial charge in [-0.15, -0.1) is 0 Å². The van der Waals surface area contributed by atoms with Gasteiger partial charge in [-0.3, -0.25) is 4.79 Å². The van der Waals surface area contributed by atoms with Crippen LogP contribution in [0.15, 0.2) is 42.5 Å². The lowest BCUT2D eigenvalue weighted by Crippen LogP contribution is -2.24. The fraction of sp³-hybridized carbons (Fsp3) is 0.263. The third kappa shape index (κ3) is 5.80. The molecule has 0 aromatic heterocycles. The SMILES string of the molecule is CCc1cccc(C)c1NC(=O)COC(=O)COc1cccc(Cl)c1. The molecule has 1 amide bonds. The molecule has 2 rings (SSSR count). The summed E-state index contributed by atoms with van der Waals surface area (Å²) in [7, 11) is 0. The second kappa shape index (κ2) is 9.08. The maximum atomic E-state index is 12.0. The van der Waals surface area contributed by atoms with Gasteiger partial charge in [0.25, 0.3) is 5.91 Å². The zero-order valence-corrected chi connectivity index (χ0v) is 14.9. The van der Waals surface area contributed by atoms with Crippen molar-refractivity contribution in [3.63, 3.8) is 0 Å². The maximum absolute atomic E-state index is 12.0. The zero-order chi connectivity index (χ0) is 18.2. The van der Waals surface area contributed by atoms with Gasteiger partial charge in [-0.2, -0.15) is 0 Å². The summed E-state index contributed by atoms with van der Waals surface area (Å²) in [5.41, 5.74) is 2.76. The highest BCUT2D eigenvalue weighted by atomic mass is 35.5. The number of nitrogens with one attached hydrogen (secondary N) is 1. The standard InChI is InChI=1S/C19H20ClNO4/c1-3-14-7-4-6-13(2)19(14)21-17(22)11-25-18(23)12-24-16-9-5-8-15(20)10-16/h4-10H,3,11-12H2,1-2H3,(H,21,22). The predicted octanol–water partition coefficient (Wildman–Crippen LogP) is 3.77. The summed E-state index contributed by atoms with van der Waals surface area (Å²) in [5, 5.41) is 3.30. The van der Waals surface area contributed by atoms with Gasteiger partial charge < -0.3 is 14.8 Å². The van der Waals surface area contributed by atoms with Crippen molar-refractivity contribution in [2.45, 2.75) is 20.3 Å². The van der Waals surface area contributed by atoms with Crippen molar-refractivity contribution >= 4 is 29.2 Å². The smallest absolute Gasteiger partial charge is 0.344 e. The maximum Gasteiger partial charge on any atom is 0.344 e. The Labute approximate surface area is 151 Å². The Kier molecular flexibility index (Phi) is 6.83. The minimum atomic E-state index is -0.629. The molecule has 0 radical (unpaired) electrons. The molecule has 0 saturated carbocycles. The van der Waals surface area contributed by atoms with Gasteiger partial charge in [0.05, 0.1) is 0 Å². The highest BCUT2D eigenvalue weighted by Crippen LogP contribution is 2.21. The molecule has 132 valence electrons. The first-order valence-corrected chi connectivity index (χ1v) is 8.29. The number of carbonyl (C=O) groups excluding carboxylic acids is 2. The summed E-state index contributed by atoms with van der Waals surface area (Å²) in [6, 6.07) is 12.5. The Morgan fingerprint density at radius 2 is 1.88 bits per heavy atom. The summed E-state index contributed by atoms with van der Waals surface area (Å²) in [4.78, 5) is 23.7. The van der Waals surface area contributed by atoms with Crippen LogP contribution in [0.3, 0.4) is 0 Å². The summed E-state index contributed by atoms with van der Waals surface area (Å²) >= 11 is 5.83. The highest BCUT2D eigenvalue weighted by molar-refractivity contribution is 6.30. The lowest BCUT2D eigenvalue weighted by molar-refractivity contribution is -0.149. The minimum Gasteiger partial charge on any atom is -0.482 e. The molecule has 25 heavy (non-hydrogen) atoms. The largest absolute Gasteiger partial charge is 0.482 e. The van der Waals surface area contributed by atoms with E-state index in [9.17, 15) is 9.59 Å². The molecule has 0 fully saturated rings. The van der Waals surface area contributed by atoms with Crippen molar-refractivity contribution in [3.8, 4) is 5.75 Å². The minimum absolute atomic E-state index is 0.293. The average molecular weight is 362 g/mol. The number of amides is 1. The fourth-order valence-corrected chi connectivity index (χ4v) is 2.44. The van der Waals surface area contributed by atoms with Gasteiger partial charge in [0.1, 0.15) is 5.75 Å². The normalized spacial score (nSPS) is 10.2. The molecule has 2 aromatic rings. The van der Waals surface area contributed by atoms with Gasteiger partial charge in [-0.25, -0.2) is 4.79 Å². The molecule has 0 aliphatic carbocycles. The molecule has 1 N–H and O–H groups in total. The van der Waals surface area contributed by atoms with Gasteiger partial charge >= 0.3 is 5.97 Å². The average Bonchev–Trinajstić information content (AvgIpc) is 2.60. The number of aryl methyl sites for hydroxylation is 2. The molecule has 0 spiro atoms. The van der Waals surface area contributed by atoms with Gasteiger partial charge in [0.2, 0.25) is 0 Å². The van der Waals surface area contributed by atoms with Gasteiger partial charge in [-0.05, 0) is 42.7 Å². The van der Waals surface area contributed by atoms with Crippen molar-refractivity contribution in [2.75, 3.05) is 18.5 Å². The van der Waals surface area contributed by atoms with Crippen LogP contribution in [0.5, 0.6) is 5.75 Å².